The van der Waals surface area contributed by atoms with Gasteiger partial charge in [0.1, 0.15) is 0 Å². The third-order valence-electron chi connectivity index (χ3n) is 8.01. The number of nitrogens with one attached hydrogen (secondary N) is 1. The Kier molecular flexibility index (Phi) is 4.54. The second-order valence-electron chi connectivity index (χ2n) is 10.3. The van der Waals surface area contributed by atoms with Crippen LogP contribution in [0.25, 0.3) is 0 Å². The zero-order chi connectivity index (χ0) is 18.4. The molecule has 1 amide bonds. The van der Waals surface area contributed by atoms with Gasteiger partial charge in [-0.2, -0.15) is 0 Å². The number of piperidine rings is 1. The fraction of sp³-hybridized carbons (Fsp3) is 0.708. The molecule has 0 spiro atoms. The number of anilines is 1. The number of nitrogens with zero attached hydrogens (tertiary/aromatic N) is 1. The van der Waals surface area contributed by atoms with E-state index in [4.69, 9.17) is 0 Å². The fourth-order valence-corrected chi connectivity index (χ4v) is 6.82. The Hall–Kier alpha value is -1.35. The monoisotopic (exact) mass is 366 g/mol. The van der Waals surface area contributed by atoms with E-state index in [0.717, 1.165) is 55.2 Å². The first kappa shape index (κ1) is 17.7. The Labute approximate surface area is 163 Å². The number of hydrogen-bond acceptors (Lipinski definition) is 2. The number of hydrogen-bond donors (Lipinski definition) is 1. The lowest BCUT2D eigenvalue weighted by molar-refractivity contribution is -0.140. The minimum Gasteiger partial charge on any atom is -0.326 e. The molecule has 1 aliphatic heterocycles. The van der Waals surface area contributed by atoms with Gasteiger partial charge in [0, 0.05) is 12.2 Å². The number of rotatable bonds is 4. The number of carbonyl (C=O) groups is 1. The van der Waals surface area contributed by atoms with E-state index in [1.807, 2.05) is 0 Å². The molecular weight excluding hydrogens is 332 g/mol. The Morgan fingerprint density at radius 3 is 2.11 bits per heavy atom. The summed E-state index contributed by atoms with van der Waals surface area (Å²) in [6, 6.07) is 8.63. The molecule has 1 saturated heterocycles. The summed E-state index contributed by atoms with van der Waals surface area (Å²) in [5, 5.41) is 3.28. The maximum Gasteiger partial charge on any atom is 0.230 e. The third kappa shape index (κ3) is 3.55. The molecule has 27 heavy (non-hydrogen) atoms. The molecule has 0 unspecified atom stereocenters. The molecule has 3 nitrogen and oxygen atoms in total. The quantitative estimate of drug-likeness (QED) is 0.806. The Bertz CT molecular complexity index is 652. The van der Waals surface area contributed by atoms with Crippen molar-refractivity contribution in [1.29, 1.82) is 0 Å². The second-order valence-corrected chi connectivity index (χ2v) is 10.3. The summed E-state index contributed by atoms with van der Waals surface area (Å²) < 4.78 is 0. The predicted molar refractivity (Wildman–Crippen MR) is 109 cm³/mol. The largest absolute Gasteiger partial charge is 0.326 e. The number of carbonyl (C=O) groups excluding carboxylic acids is 1. The molecule has 6 rings (SSSR count). The first-order valence-corrected chi connectivity index (χ1v) is 11.2. The zero-order valence-corrected chi connectivity index (χ0v) is 16.8. The Morgan fingerprint density at radius 1 is 1.00 bits per heavy atom. The van der Waals surface area contributed by atoms with Crippen LogP contribution >= 0.6 is 0 Å². The summed E-state index contributed by atoms with van der Waals surface area (Å²) >= 11 is 0. The van der Waals surface area contributed by atoms with Crippen LogP contribution in [-0.4, -0.2) is 23.9 Å². The van der Waals surface area contributed by atoms with Gasteiger partial charge in [0.25, 0.3) is 0 Å². The molecular formula is C24H34N2O. The van der Waals surface area contributed by atoms with Crippen molar-refractivity contribution >= 4 is 11.6 Å². The number of amides is 1. The van der Waals surface area contributed by atoms with Gasteiger partial charge in [-0.05, 0) is 106 Å². The molecule has 3 heteroatoms. The van der Waals surface area contributed by atoms with Crippen molar-refractivity contribution in [1.82, 2.24) is 4.90 Å². The molecule has 0 radical (unpaired) electrons. The van der Waals surface area contributed by atoms with Crippen LogP contribution in [0.2, 0.25) is 0 Å². The van der Waals surface area contributed by atoms with Gasteiger partial charge in [-0.1, -0.05) is 19.1 Å². The highest BCUT2D eigenvalue weighted by atomic mass is 16.2. The molecule has 1 heterocycles. The van der Waals surface area contributed by atoms with E-state index >= 15 is 0 Å². The van der Waals surface area contributed by atoms with Gasteiger partial charge in [-0.15, -0.1) is 0 Å². The highest BCUT2D eigenvalue weighted by Gasteiger charge is 2.54. The van der Waals surface area contributed by atoms with E-state index in [0.29, 0.717) is 5.91 Å². The van der Waals surface area contributed by atoms with Gasteiger partial charge in [0.05, 0.1) is 5.41 Å². The highest BCUT2D eigenvalue weighted by molar-refractivity contribution is 5.95. The van der Waals surface area contributed by atoms with E-state index < -0.39 is 0 Å². The van der Waals surface area contributed by atoms with Crippen LogP contribution in [0.4, 0.5) is 5.69 Å². The van der Waals surface area contributed by atoms with Crippen LogP contribution in [0, 0.1) is 29.1 Å². The lowest BCUT2D eigenvalue weighted by atomic mass is 9.49. The van der Waals surface area contributed by atoms with Crippen molar-refractivity contribution in [3.8, 4) is 0 Å². The molecule has 4 bridgehead atoms. The number of benzene rings is 1. The summed E-state index contributed by atoms with van der Waals surface area (Å²) in [4.78, 5) is 15.7. The van der Waals surface area contributed by atoms with Crippen LogP contribution in [0.1, 0.15) is 63.9 Å². The van der Waals surface area contributed by atoms with Crippen LogP contribution < -0.4 is 5.32 Å². The summed E-state index contributed by atoms with van der Waals surface area (Å²) in [5.41, 5.74) is 2.28. The van der Waals surface area contributed by atoms with Crippen molar-refractivity contribution < 1.29 is 4.79 Å². The lowest BCUT2D eigenvalue weighted by Gasteiger charge is -2.55. The van der Waals surface area contributed by atoms with Crippen LogP contribution in [-0.2, 0) is 11.3 Å². The average molecular weight is 367 g/mol. The molecule has 1 aromatic rings. The maximum absolute atomic E-state index is 13.2. The summed E-state index contributed by atoms with van der Waals surface area (Å²) in [6.07, 6.45) is 10.2. The minimum atomic E-state index is -0.0576. The molecule has 1 N–H and O–H groups in total. The average Bonchev–Trinajstić information content (AvgIpc) is 2.64. The molecule has 5 fully saturated rings. The van der Waals surface area contributed by atoms with Crippen LogP contribution in [0.5, 0.6) is 0 Å². The van der Waals surface area contributed by atoms with Gasteiger partial charge in [0.15, 0.2) is 0 Å². The standard InChI is InChI=1S/C24H34N2O/c1-17-6-8-26(9-7-17)16-18-2-4-22(5-3-18)25-23(27)24-13-19-10-20(14-24)12-21(11-19)15-24/h2-5,17,19-21H,6-16H2,1H3,(H,25,27). The van der Waals surface area contributed by atoms with Gasteiger partial charge in [-0.25, -0.2) is 0 Å². The molecule has 0 aromatic heterocycles. The molecule has 146 valence electrons. The SMILES string of the molecule is CC1CCN(Cc2ccc(NC(=O)C34CC5CC(CC(C5)C3)C4)cc2)CC1. The van der Waals surface area contributed by atoms with E-state index in [1.165, 1.54) is 50.8 Å². The lowest BCUT2D eigenvalue weighted by Crippen LogP contribution is -2.51. The Morgan fingerprint density at radius 2 is 1.56 bits per heavy atom. The first-order valence-electron chi connectivity index (χ1n) is 11.2. The second kappa shape index (κ2) is 6.92. The fourth-order valence-electron chi connectivity index (χ4n) is 6.82. The van der Waals surface area contributed by atoms with E-state index in [9.17, 15) is 4.79 Å². The Balaban J connectivity index is 1.21. The van der Waals surface area contributed by atoms with Crippen LogP contribution in [0.3, 0.4) is 0 Å². The van der Waals surface area contributed by atoms with Crippen molar-refractivity contribution in [3.05, 3.63) is 29.8 Å². The normalized spacial score (nSPS) is 36.1. The zero-order valence-electron chi connectivity index (χ0n) is 16.8. The maximum atomic E-state index is 13.2. The summed E-state index contributed by atoms with van der Waals surface area (Å²) in [6.45, 7) is 5.83. The smallest absolute Gasteiger partial charge is 0.230 e. The highest BCUT2D eigenvalue weighted by Crippen LogP contribution is 2.60. The molecule has 0 atom stereocenters. The third-order valence-corrected chi connectivity index (χ3v) is 8.01. The summed E-state index contributed by atoms with van der Waals surface area (Å²) in [5.74, 6) is 3.63. The van der Waals surface area contributed by atoms with Gasteiger partial charge in [0.2, 0.25) is 5.91 Å². The molecule has 4 aliphatic carbocycles. The van der Waals surface area contributed by atoms with Gasteiger partial charge >= 0.3 is 0 Å². The van der Waals surface area contributed by atoms with Gasteiger partial charge in [-0.3, -0.25) is 9.69 Å². The summed E-state index contributed by atoms with van der Waals surface area (Å²) in [7, 11) is 0. The van der Waals surface area contributed by atoms with Crippen molar-refractivity contribution in [2.75, 3.05) is 18.4 Å². The minimum absolute atomic E-state index is 0.0576. The van der Waals surface area contributed by atoms with E-state index in [2.05, 4.69) is 41.4 Å². The molecule has 5 aliphatic rings. The van der Waals surface area contributed by atoms with E-state index in [-0.39, 0.29) is 5.41 Å². The van der Waals surface area contributed by atoms with Crippen molar-refractivity contribution in [3.63, 3.8) is 0 Å². The van der Waals surface area contributed by atoms with Crippen molar-refractivity contribution in [2.24, 2.45) is 29.1 Å². The van der Waals surface area contributed by atoms with Crippen LogP contribution in [0.15, 0.2) is 24.3 Å². The molecule has 1 aromatic carbocycles. The predicted octanol–water partition coefficient (Wildman–Crippen LogP) is 5.07. The van der Waals surface area contributed by atoms with E-state index in [1.54, 1.807) is 0 Å². The topological polar surface area (TPSA) is 32.3 Å². The molecule has 4 saturated carbocycles. The van der Waals surface area contributed by atoms with Gasteiger partial charge < -0.3 is 5.32 Å². The van der Waals surface area contributed by atoms with Crippen molar-refractivity contribution in [2.45, 2.75) is 64.8 Å². The number of likely N-dealkylation sites (tertiary alicyclic amines) is 1. The first-order chi connectivity index (χ1) is 13.1.